The lowest BCUT2D eigenvalue weighted by atomic mass is 9.98. The first kappa shape index (κ1) is 13.8. The van der Waals surface area contributed by atoms with Crippen molar-refractivity contribution in [3.63, 3.8) is 0 Å². The number of aryl methyl sites for hydroxylation is 1. The van der Waals surface area contributed by atoms with Crippen LogP contribution < -0.4 is 5.32 Å². The fraction of sp³-hybridized carbons (Fsp3) is 0.438. The number of nitrogens with zero attached hydrogens (tertiary/aromatic N) is 1. The van der Waals surface area contributed by atoms with Gasteiger partial charge in [0.25, 0.3) is 0 Å². The molecule has 2 unspecified atom stereocenters. The Kier molecular flexibility index (Phi) is 4.74. The van der Waals surface area contributed by atoms with Gasteiger partial charge in [-0.3, -0.25) is 0 Å². The molecule has 0 fully saturated rings. The molecule has 19 heavy (non-hydrogen) atoms. The van der Waals surface area contributed by atoms with Gasteiger partial charge in [-0.05, 0) is 38.3 Å². The third-order valence-corrected chi connectivity index (χ3v) is 3.41. The minimum absolute atomic E-state index is 0.164. The van der Waals surface area contributed by atoms with Gasteiger partial charge in [0.15, 0.2) is 0 Å². The Balaban J connectivity index is 1.77. The van der Waals surface area contributed by atoms with Crippen LogP contribution in [0.4, 0.5) is 0 Å². The quantitative estimate of drug-likeness (QED) is 0.855. The summed E-state index contributed by atoms with van der Waals surface area (Å²) >= 11 is 0. The summed E-state index contributed by atoms with van der Waals surface area (Å²) in [7, 11) is 0. The highest BCUT2D eigenvalue weighted by molar-refractivity contribution is 5.18. The second-order valence-electron chi connectivity index (χ2n) is 5.09. The lowest BCUT2D eigenvalue weighted by molar-refractivity contribution is 0.398. The topological polar surface area (TPSA) is 38.1 Å². The van der Waals surface area contributed by atoms with Crippen molar-refractivity contribution in [1.82, 2.24) is 10.3 Å². The van der Waals surface area contributed by atoms with Gasteiger partial charge in [-0.25, -0.2) is 4.98 Å². The Morgan fingerprint density at radius 1 is 1.21 bits per heavy atom. The predicted octanol–water partition coefficient (Wildman–Crippen LogP) is 3.83. The molecule has 0 saturated carbocycles. The molecule has 102 valence electrons. The Labute approximate surface area is 115 Å². The molecule has 3 nitrogen and oxygen atoms in total. The van der Waals surface area contributed by atoms with E-state index in [4.69, 9.17) is 4.42 Å². The van der Waals surface area contributed by atoms with Crippen molar-refractivity contribution in [2.75, 3.05) is 6.54 Å². The summed E-state index contributed by atoms with van der Waals surface area (Å²) < 4.78 is 5.51. The normalized spacial score (nSPS) is 14.3. The summed E-state index contributed by atoms with van der Waals surface area (Å²) in [6, 6.07) is 10.8. The smallest absolute Gasteiger partial charge is 0.211 e. The molecule has 3 heteroatoms. The molecule has 0 bridgehead atoms. The Morgan fingerprint density at radius 2 is 1.95 bits per heavy atom. The van der Waals surface area contributed by atoms with E-state index in [2.05, 4.69) is 54.5 Å². The second kappa shape index (κ2) is 6.53. The predicted molar refractivity (Wildman–Crippen MR) is 77.1 cm³/mol. The van der Waals surface area contributed by atoms with E-state index in [0.717, 1.165) is 24.6 Å². The molecule has 0 aliphatic rings. The van der Waals surface area contributed by atoms with Gasteiger partial charge < -0.3 is 9.73 Å². The molecule has 0 spiro atoms. The van der Waals surface area contributed by atoms with Crippen molar-refractivity contribution < 1.29 is 4.42 Å². The number of aromatic nitrogens is 1. The second-order valence-corrected chi connectivity index (χ2v) is 5.09. The fourth-order valence-corrected chi connectivity index (χ4v) is 2.12. The van der Waals surface area contributed by atoms with E-state index in [1.54, 1.807) is 6.20 Å². The summed E-state index contributed by atoms with van der Waals surface area (Å²) in [5.41, 5.74) is 1.39. The van der Waals surface area contributed by atoms with E-state index in [1.807, 2.05) is 6.92 Å². The highest BCUT2D eigenvalue weighted by Gasteiger charge is 2.11. The van der Waals surface area contributed by atoms with E-state index >= 15 is 0 Å². The molecule has 2 aromatic rings. The zero-order valence-corrected chi connectivity index (χ0v) is 11.9. The van der Waals surface area contributed by atoms with Crippen molar-refractivity contribution in [3.05, 3.63) is 53.7 Å². The number of oxazole rings is 1. The van der Waals surface area contributed by atoms with Gasteiger partial charge in [-0.15, -0.1) is 0 Å². The maximum atomic E-state index is 5.51. The Morgan fingerprint density at radius 3 is 2.58 bits per heavy atom. The Hall–Kier alpha value is -1.61. The fourth-order valence-electron chi connectivity index (χ4n) is 2.12. The monoisotopic (exact) mass is 258 g/mol. The first-order valence-electron chi connectivity index (χ1n) is 6.87. The van der Waals surface area contributed by atoms with Crippen molar-refractivity contribution >= 4 is 0 Å². The molecular weight excluding hydrogens is 236 g/mol. The molecular formula is C16H22N2O. The lowest BCUT2D eigenvalue weighted by Gasteiger charge is -2.14. The van der Waals surface area contributed by atoms with Crippen LogP contribution in [-0.4, -0.2) is 11.5 Å². The van der Waals surface area contributed by atoms with Crippen LogP contribution in [0.3, 0.4) is 0 Å². The standard InChI is InChI=1S/C16H22N2O/c1-12(15-7-5-4-6-8-15)9-10-17-14(3)16-18-11-13(2)19-16/h4-8,11-12,14,17H,9-10H2,1-3H3. The van der Waals surface area contributed by atoms with Gasteiger partial charge in [0.2, 0.25) is 5.89 Å². The molecule has 1 aromatic carbocycles. The Bertz CT molecular complexity index is 492. The number of hydrogen-bond donors (Lipinski definition) is 1. The van der Waals surface area contributed by atoms with Crippen LogP contribution >= 0.6 is 0 Å². The van der Waals surface area contributed by atoms with Crippen LogP contribution in [0.2, 0.25) is 0 Å². The minimum Gasteiger partial charge on any atom is -0.444 e. The molecule has 0 radical (unpaired) electrons. The van der Waals surface area contributed by atoms with Gasteiger partial charge in [-0.1, -0.05) is 37.3 Å². The largest absolute Gasteiger partial charge is 0.444 e. The molecule has 2 atom stereocenters. The van der Waals surface area contributed by atoms with Crippen LogP contribution in [0.15, 0.2) is 40.9 Å². The number of hydrogen-bond acceptors (Lipinski definition) is 3. The zero-order valence-electron chi connectivity index (χ0n) is 11.9. The number of benzene rings is 1. The van der Waals surface area contributed by atoms with Gasteiger partial charge in [-0.2, -0.15) is 0 Å². The van der Waals surface area contributed by atoms with Gasteiger partial charge in [0, 0.05) is 0 Å². The average molecular weight is 258 g/mol. The average Bonchev–Trinajstić information content (AvgIpc) is 2.86. The van der Waals surface area contributed by atoms with Gasteiger partial charge in [0.05, 0.1) is 12.2 Å². The molecule has 0 aliphatic heterocycles. The lowest BCUT2D eigenvalue weighted by Crippen LogP contribution is -2.21. The number of nitrogens with one attached hydrogen (secondary N) is 1. The maximum absolute atomic E-state index is 5.51. The molecule has 1 heterocycles. The first-order chi connectivity index (χ1) is 9.16. The highest BCUT2D eigenvalue weighted by Crippen LogP contribution is 2.18. The zero-order chi connectivity index (χ0) is 13.7. The molecule has 0 amide bonds. The number of rotatable bonds is 6. The van der Waals surface area contributed by atoms with Gasteiger partial charge in [0.1, 0.15) is 5.76 Å². The third-order valence-electron chi connectivity index (χ3n) is 3.41. The first-order valence-corrected chi connectivity index (χ1v) is 6.87. The molecule has 1 N–H and O–H groups in total. The van der Waals surface area contributed by atoms with E-state index in [9.17, 15) is 0 Å². The van der Waals surface area contributed by atoms with Crippen molar-refractivity contribution in [3.8, 4) is 0 Å². The molecule has 1 aromatic heterocycles. The summed E-state index contributed by atoms with van der Waals surface area (Å²) in [6.07, 6.45) is 2.87. The van der Waals surface area contributed by atoms with Crippen molar-refractivity contribution in [1.29, 1.82) is 0 Å². The van der Waals surface area contributed by atoms with E-state index < -0.39 is 0 Å². The molecule has 2 rings (SSSR count). The summed E-state index contributed by atoms with van der Waals surface area (Å²) in [4.78, 5) is 4.24. The van der Waals surface area contributed by atoms with Crippen LogP contribution in [0.5, 0.6) is 0 Å². The highest BCUT2D eigenvalue weighted by atomic mass is 16.4. The van der Waals surface area contributed by atoms with Crippen LogP contribution in [0.1, 0.15) is 49.4 Å². The SMILES string of the molecule is Cc1cnc(C(C)NCCC(C)c2ccccc2)o1. The van der Waals surface area contributed by atoms with E-state index in [0.29, 0.717) is 5.92 Å². The minimum atomic E-state index is 0.164. The summed E-state index contributed by atoms with van der Waals surface area (Å²) in [5.74, 6) is 2.19. The van der Waals surface area contributed by atoms with Crippen molar-refractivity contribution in [2.24, 2.45) is 0 Å². The third kappa shape index (κ3) is 3.93. The van der Waals surface area contributed by atoms with Crippen LogP contribution in [0, 0.1) is 6.92 Å². The van der Waals surface area contributed by atoms with E-state index in [1.165, 1.54) is 5.56 Å². The van der Waals surface area contributed by atoms with Crippen molar-refractivity contribution in [2.45, 2.75) is 39.2 Å². The molecule has 0 saturated heterocycles. The summed E-state index contributed by atoms with van der Waals surface area (Å²) in [6.45, 7) is 7.22. The van der Waals surface area contributed by atoms with Crippen LogP contribution in [-0.2, 0) is 0 Å². The van der Waals surface area contributed by atoms with Gasteiger partial charge >= 0.3 is 0 Å². The van der Waals surface area contributed by atoms with Crippen LogP contribution in [0.25, 0.3) is 0 Å². The van der Waals surface area contributed by atoms with E-state index in [-0.39, 0.29) is 6.04 Å². The summed E-state index contributed by atoms with van der Waals surface area (Å²) in [5, 5.41) is 3.46. The molecule has 0 aliphatic carbocycles. The maximum Gasteiger partial charge on any atom is 0.211 e.